The van der Waals surface area contributed by atoms with Gasteiger partial charge in [-0.05, 0) is 42.5 Å². The van der Waals surface area contributed by atoms with Crippen molar-refractivity contribution >= 4 is 27.4 Å². The van der Waals surface area contributed by atoms with Crippen molar-refractivity contribution in [2.75, 3.05) is 10.5 Å². The van der Waals surface area contributed by atoms with E-state index in [1.54, 1.807) is 6.07 Å². The fourth-order valence-electron chi connectivity index (χ4n) is 1.58. The maximum absolute atomic E-state index is 12.1. The third kappa shape index (κ3) is 3.07. The van der Waals surface area contributed by atoms with Gasteiger partial charge in [-0.2, -0.15) is 0 Å². The van der Waals surface area contributed by atoms with E-state index in [0.717, 1.165) is 0 Å². The number of carboxylic acid groups (broad SMARTS) is 1. The number of sulfonamides is 1. The Morgan fingerprint density at radius 1 is 1.10 bits per heavy atom. The van der Waals surface area contributed by atoms with E-state index in [4.69, 9.17) is 10.8 Å². The van der Waals surface area contributed by atoms with Crippen molar-refractivity contribution in [1.82, 2.24) is 0 Å². The van der Waals surface area contributed by atoms with Crippen molar-refractivity contribution in [3.63, 3.8) is 0 Å². The van der Waals surface area contributed by atoms with E-state index in [-0.39, 0.29) is 16.1 Å². The zero-order valence-electron chi connectivity index (χ0n) is 10.3. The van der Waals surface area contributed by atoms with Gasteiger partial charge in [0.2, 0.25) is 0 Å². The number of nitrogen functional groups attached to an aromatic ring is 1. The Kier molecular flexibility index (Phi) is 3.62. The van der Waals surface area contributed by atoms with Crippen molar-refractivity contribution in [1.29, 1.82) is 0 Å². The fraction of sp³-hybridized carbons (Fsp3) is 0. The van der Waals surface area contributed by atoms with Gasteiger partial charge in [0.1, 0.15) is 0 Å². The minimum absolute atomic E-state index is 0.0415. The molecule has 20 heavy (non-hydrogen) atoms. The third-order valence-electron chi connectivity index (χ3n) is 2.55. The molecule has 2 aromatic carbocycles. The van der Waals surface area contributed by atoms with Gasteiger partial charge in [-0.1, -0.05) is 6.07 Å². The lowest BCUT2D eigenvalue weighted by Gasteiger charge is -2.08. The number of carboxylic acids is 1. The summed E-state index contributed by atoms with van der Waals surface area (Å²) in [6, 6.07) is 11.3. The zero-order valence-corrected chi connectivity index (χ0v) is 11.1. The largest absolute Gasteiger partial charge is 0.478 e. The van der Waals surface area contributed by atoms with Gasteiger partial charge < -0.3 is 10.8 Å². The highest BCUT2D eigenvalue weighted by atomic mass is 32.2. The smallest absolute Gasteiger partial charge is 0.335 e. The highest BCUT2D eigenvalue weighted by Gasteiger charge is 2.14. The Morgan fingerprint density at radius 2 is 1.75 bits per heavy atom. The maximum Gasteiger partial charge on any atom is 0.335 e. The van der Waals surface area contributed by atoms with Crippen LogP contribution >= 0.6 is 0 Å². The molecule has 2 aromatic rings. The summed E-state index contributed by atoms with van der Waals surface area (Å²) >= 11 is 0. The second kappa shape index (κ2) is 5.22. The van der Waals surface area contributed by atoms with Gasteiger partial charge in [-0.25, -0.2) is 13.2 Å². The molecule has 7 heteroatoms. The Morgan fingerprint density at radius 3 is 2.30 bits per heavy atom. The van der Waals surface area contributed by atoms with Crippen LogP contribution in [0.25, 0.3) is 0 Å². The number of anilines is 2. The lowest BCUT2D eigenvalue weighted by Crippen LogP contribution is -2.13. The number of carbonyl (C=O) groups is 1. The quantitative estimate of drug-likeness (QED) is 0.744. The van der Waals surface area contributed by atoms with Crippen LogP contribution in [-0.2, 0) is 10.0 Å². The number of rotatable bonds is 4. The summed E-state index contributed by atoms with van der Waals surface area (Å²) in [7, 11) is -3.75. The van der Waals surface area contributed by atoms with Gasteiger partial charge in [0.25, 0.3) is 10.0 Å². The predicted molar refractivity (Wildman–Crippen MR) is 75.1 cm³/mol. The molecule has 0 spiro atoms. The number of benzene rings is 2. The molecule has 0 bridgehead atoms. The summed E-state index contributed by atoms with van der Waals surface area (Å²) in [5, 5.41) is 8.76. The van der Waals surface area contributed by atoms with Crippen LogP contribution in [0.3, 0.4) is 0 Å². The molecular weight excluding hydrogens is 280 g/mol. The number of nitrogens with one attached hydrogen (secondary N) is 1. The Labute approximate surface area is 115 Å². The van der Waals surface area contributed by atoms with E-state index < -0.39 is 16.0 Å². The third-order valence-corrected chi connectivity index (χ3v) is 3.93. The highest BCUT2D eigenvalue weighted by molar-refractivity contribution is 7.92. The molecule has 0 aliphatic rings. The molecule has 0 fully saturated rings. The summed E-state index contributed by atoms with van der Waals surface area (Å²) < 4.78 is 26.5. The summed E-state index contributed by atoms with van der Waals surface area (Å²) in [4.78, 5) is 10.7. The van der Waals surface area contributed by atoms with Gasteiger partial charge >= 0.3 is 5.97 Å². The van der Waals surface area contributed by atoms with E-state index in [0.29, 0.717) is 5.69 Å². The van der Waals surface area contributed by atoms with E-state index in [2.05, 4.69) is 4.72 Å². The Bertz CT molecular complexity index is 739. The summed E-state index contributed by atoms with van der Waals surface area (Å²) in [5.41, 5.74) is 6.24. The average Bonchev–Trinajstić information content (AvgIpc) is 2.39. The maximum atomic E-state index is 12.1. The minimum atomic E-state index is -3.75. The second-order valence-corrected chi connectivity index (χ2v) is 5.74. The minimum Gasteiger partial charge on any atom is -0.478 e. The van der Waals surface area contributed by atoms with Gasteiger partial charge in [0.15, 0.2) is 0 Å². The predicted octanol–water partition coefficient (Wildman–Crippen LogP) is 1.77. The molecule has 0 radical (unpaired) electrons. The molecule has 4 N–H and O–H groups in total. The molecule has 0 unspecified atom stereocenters. The first-order valence-electron chi connectivity index (χ1n) is 5.60. The first kappa shape index (κ1) is 13.9. The van der Waals surface area contributed by atoms with Crippen LogP contribution in [0.4, 0.5) is 11.4 Å². The first-order chi connectivity index (χ1) is 9.38. The van der Waals surface area contributed by atoms with Crippen LogP contribution in [0.5, 0.6) is 0 Å². The van der Waals surface area contributed by atoms with Crippen LogP contribution < -0.4 is 10.5 Å². The van der Waals surface area contributed by atoms with Crippen LogP contribution in [0, 0.1) is 0 Å². The first-order valence-corrected chi connectivity index (χ1v) is 7.08. The summed E-state index contributed by atoms with van der Waals surface area (Å²) in [6.07, 6.45) is 0. The lowest BCUT2D eigenvalue weighted by atomic mass is 10.2. The molecule has 0 atom stereocenters. The summed E-state index contributed by atoms with van der Waals surface area (Å²) in [6.45, 7) is 0. The van der Waals surface area contributed by atoms with Crippen LogP contribution in [-0.4, -0.2) is 19.5 Å². The molecule has 6 nitrogen and oxygen atoms in total. The molecule has 0 saturated heterocycles. The van der Waals surface area contributed by atoms with E-state index in [1.807, 2.05) is 0 Å². The molecule has 0 aromatic heterocycles. The van der Waals surface area contributed by atoms with Crippen molar-refractivity contribution in [3.8, 4) is 0 Å². The number of nitrogens with two attached hydrogens (primary N) is 1. The van der Waals surface area contributed by atoms with Gasteiger partial charge in [0, 0.05) is 11.4 Å². The van der Waals surface area contributed by atoms with Crippen molar-refractivity contribution < 1.29 is 18.3 Å². The van der Waals surface area contributed by atoms with E-state index in [1.165, 1.54) is 42.5 Å². The number of hydrogen-bond acceptors (Lipinski definition) is 4. The molecule has 0 aliphatic carbocycles. The number of aromatic carboxylic acids is 1. The van der Waals surface area contributed by atoms with Gasteiger partial charge in [-0.3, -0.25) is 4.72 Å². The van der Waals surface area contributed by atoms with E-state index in [9.17, 15) is 13.2 Å². The molecule has 2 rings (SSSR count). The standard InChI is InChI=1S/C13H12N2O4S/c14-10-2-1-3-12(8-10)20(18,19)15-11-6-4-9(5-7-11)13(16)17/h1-8,15H,14H2,(H,16,17). The zero-order chi connectivity index (χ0) is 14.8. The van der Waals surface area contributed by atoms with E-state index >= 15 is 0 Å². The summed E-state index contributed by atoms with van der Waals surface area (Å²) in [5.74, 6) is -1.07. The van der Waals surface area contributed by atoms with Gasteiger partial charge in [0.05, 0.1) is 10.5 Å². The second-order valence-electron chi connectivity index (χ2n) is 4.06. The lowest BCUT2D eigenvalue weighted by molar-refractivity contribution is 0.0697. The topological polar surface area (TPSA) is 109 Å². The Balaban J connectivity index is 2.26. The molecule has 0 saturated carbocycles. The molecule has 0 amide bonds. The average molecular weight is 292 g/mol. The molecule has 104 valence electrons. The van der Waals surface area contributed by atoms with Gasteiger partial charge in [-0.15, -0.1) is 0 Å². The van der Waals surface area contributed by atoms with Crippen molar-refractivity contribution in [3.05, 3.63) is 54.1 Å². The van der Waals surface area contributed by atoms with Crippen molar-refractivity contribution in [2.45, 2.75) is 4.90 Å². The Hall–Kier alpha value is -2.54. The SMILES string of the molecule is Nc1cccc(S(=O)(=O)Nc2ccc(C(=O)O)cc2)c1. The van der Waals surface area contributed by atoms with Crippen LogP contribution in [0.2, 0.25) is 0 Å². The number of hydrogen-bond donors (Lipinski definition) is 3. The van der Waals surface area contributed by atoms with Crippen LogP contribution in [0.15, 0.2) is 53.4 Å². The molecular formula is C13H12N2O4S. The van der Waals surface area contributed by atoms with Crippen LogP contribution in [0.1, 0.15) is 10.4 Å². The van der Waals surface area contributed by atoms with Crippen molar-refractivity contribution in [2.24, 2.45) is 0 Å². The monoisotopic (exact) mass is 292 g/mol. The molecule has 0 aliphatic heterocycles. The highest BCUT2D eigenvalue weighted by Crippen LogP contribution is 2.18. The molecule has 0 heterocycles. The fourth-order valence-corrected chi connectivity index (χ4v) is 2.69. The normalized spacial score (nSPS) is 11.0.